The molecule has 0 amide bonds. The smallest absolute Gasteiger partial charge is 0.0399 e. The molecule has 0 saturated carbocycles. The molecule has 0 fully saturated rings. The van der Waals surface area contributed by atoms with Crippen LogP contribution in [0.25, 0.3) is 0 Å². The molecule has 1 aromatic carbocycles. The third-order valence-corrected chi connectivity index (χ3v) is 2.67. The monoisotopic (exact) mass is 282 g/mol. The van der Waals surface area contributed by atoms with E-state index in [0.29, 0.717) is 11.8 Å². The van der Waals surface area contributed by atoms with Crippen molar-refractivity contribution in [2.75, 3.05) is 35.5 Å². The Bertz CT molecular complexity index is 312. The largest absolute Gasteiger partial charge is 0.399 e. The quantitative estimate of drug-likeness (QED) is 0.664. The first-order valence-corrected chi connectivity index (χ1v) is 5.99. The van der Waals surface area contributed by atoms with Crippen LogP contribution in [0.5, 0.6) is 0 Å². The number of rotatable bonds is 5. The van der Waals surface area contributed by atoms with Crippen molar-refractivity contribution < 1.29 is 0 Å². The first-order valence-electron chi connectivity index (χ1n) is 4.92. The summed E-state index contributed by atoms with van der Waals surface area (Å²) in [5, 5.41) is 0. The molecule has 0 aliphatic rings. The third-order valence-electron chi connectivity index (χ3n) is 2.33. The van der Waals surface area contributed by atoms with Crippen molar-refractivity contribution >= 4 is 47.0 Å². The van der Waals surface area contributed by atoms with Gasteiger partial charge in [0.1, 0.15) is 0 Å². The van der Waals surface area contributed by atoms with E-state index in [2.05, 4.69) is 11.0 Å². The summed E-state index contributed by atoms with van der Waals surface area (Å²) in [4.78, 5) is 2.16. The van der Waals surface area contributed by atoms with Gasteiger partial charge in [-0.05, 0) is 30.7 Å². The van der Waals surface area contributed by atoms with Gasteiger partial charge in [0.05, 0.1) is 0 Å². The topological polar surface area (TPSA) is 29.3 Å². The normalized spacial score (nSPS) is 9.69. The lowest BCUT2D eigenvalue weighted by Gasteiger charge is -2.23. The molecule has 16 heavy (non-hydrogen) atoms. The highest BCUT2D eigenvalue weighted by atomic mass is 35.5. The van der Waals surface area contributed by atoms with Crippen LogP contribution >= 0.6 is 35.6 Å². The Balaban J connectivity index is 0.00000225. The van der Waals surface area contributed by atoms with Gasteiger partial charge < -0.3 is 10.6 Å². The van der Waals surface area contributed by atoms with Crippen LogP contribution in [0.2, 0.25) is 0 Å². The number of hydrogen-bond donors (Lipinski definition) is 1. The van der Waals surface area contributed by atoms with Gasteiger partial charge in [-0.3, -0.25) is 0 Å². The van der Waals surface area contributed by atoms with Crippen LogP contribution in [0.1, 0.15) is 5.56 Å². The van der Waals surface area contributed by atoms with Crippen molar-refractivity contribution in [3.8, 4) is 0 Å². The van der Waals surface area contributed by atoms with Gasteiger partial charge in [0.25, 0.3) is 0 Å². The average molecular weight is 284 g/mol. The highest BCUT2D eigenvalue weighted by molar-refractivity contribution is 6.18. The molecule has 0 bridgehead atoms. The fraction of sp³-hybridized carbons (Fsp3) is 0.455. The molecule has 2 N–H and O–H groups in total. The highest BCUT2D eigenvalue weighted by Gasteiger charge is 2.05. The summed E-state index contributed by atoms with van der Waals surface area (Å²) in [5.74, 6) is 1.20. The summed E-state index contributed by atoms with van der Waals surface area (Å²) >= 11 is 11.5. The predicted molar refractivity (Wildman–Crippen MR) is 76.5 cm³/mol. The summed E-state index contributed by atoms with van der Waals surface area (Å²) in [6, 6.07) is 5.98. The molecule has 92 valence electrons. The fourth-order valence-electron chi connectivity index (χ4n) is 1.43. The van der Waals surface area contributed by atoms with Crippen LogP contribution in [-0.2, 0) is 0 Å². The standard InChI is InChI=1S/C11H16Cl2N2.ClH/c1-9-8-10(2-3-11(9)14)15(6-4-12)7-5-13;/h2-3,8H,4-7,14H2,1H3;1H. The van der Waals surface area contributed by atoms with E-state index in [1.54, 1.807) is 0 Å². The second kappa shape index (κ2) is 7.88. The molecule has 0 aliphatic heterocycles. The number of benzene rings is 1. The van der Waals surface area contributed by atoms with E-state index in [9.17, 15) is 0 Å². The zero-order chi connectivity index (χ0) is 11.3. The molecule has 0 heterocycles. The van der Waals surface area contributed by atoms with Crippen molar-refractivity contribution in [1.82, 2.24) is 0 Å². The minimum atomic E-state index is 0. The molecule has 0 saturated heterocycles. The maximum absolute atomic E-state index is 5.77. The van der Waals surface area contributed by atoms with Crippen molar-refractivity contribution in [2.45, 2.75) is 6.92 Å². The van der Waals surface area contributed by atoms with Gasteiger partial charge in [-0.25, -0.2) is 0 Å². The maximum Gasteiger partial charge on any atom is 0.0399 e. The molecule has 0 spiro atoms. The molecular weight excluding hydrogens is 266 g/mol. The zero-order valence-corrected chi connectivity index (χ0v) is 11.6. The summed E-state index contributed by atoms with van der Waals surface area (Å²) in [6.07, 6.45) is 0. The van der Waals surface area contributed by atoms with Gasteiger partial charge in [0.15, 0.2) is 0 Å². The van der Waals surface area contributed by atoms with Crippen molar-refractivity contribution in [3.05, 3.63) is 23.8 Å². The summed E-state index contributed by atoms with van der Waals surface area (Å²) in [5.41, 5.74) is 8.79. The van der Waals surface area contributed by atoms with Crippen molar-refractivity contribution in [1.29, 1.82) is 0 Å². The van der Waals surface area contributed by atoms with E-state index < -0.39 is 0 Å². The average Bonchev–Trinajstić information content (AvgIpc) is 2.22. The minimum Gasteiger partial charge on any atom is -0.399 e. The zero-order valence-electron chi connectivity index (χ0n) is 9.25. The molecule has 0 radical (unpaired) electrons. The maximum atomic E-state index is 5.77. The van der Waals surface area contributed by atoms with E-state index in [0.717, 1.165) is 30.0 Å². The van der Waals surface area contributed by atoms with Crippen LogP contribution in [0.3, 0.4) is 0 Å². The van der Waals surface area contributed by atoms with Crippen molar-refractivity contribution in [3.63, 3.8) is 0 Å². The van der Waals surface area contributed by atoms with Crippen LogP contribution in [0.15, 0.2) is 18.2 Å². The Kier molecular flexibility index (Phi) is 7.73. The molecule has 0 aliphatic carbocycles. The molecule has 1 rings (SSSR count). The van der Waals surface area contributed by atoms with Gasteiger partial charge in [-0.15, -0.1) is 35.6 Å². The molecule has 0 aromatic heterocycles. The van der Waals surface area contributed by atoms with E-state index in [1.165, 1.54) is 0 Å². The Hall–Kier alpha value is -0.310. The number of nitrogen functional groups attached to an aromatic ring is 1. The number of halogens is 3. The lowest BCUT2D eigenvalue weighted by Crippen LogP contribution is -2.27. The number of hydrogen-bond acceptors (Lipinski definition) is 2. The van der Waals surface area contributed by atoms with E-state index in [1.807, 2.05) is 19.1 Å². The highest BCUT2D eigenvalue weighted by Crippen LogP contribution is 2.20. The van der Waals surface area contributed by atoms with E-state index in [-0.39, 0.29) is 12.4 Å². The summed E-state index contributed by atoms with van der Waals surface area (Å²) in [6.45, 7) is 3.60. The summed E-state index contributed by atoms with van der Waals surface area (Å²) in [7, 11) is 0. The second-order valence-corrected chi connectivity index (χ2v) is 4.16. The molecule has 5 heteroatoms. The van der Waals surface area contributed by atoms with Crippen LogP contribution in [0, 0.1) is 6.92 Å². The molecular formula is C11H17Cl3N2. The van der Waals surface area contributed by atoms with Crippen molar-refractivity contribution in [2.24, 2.45) is 0 Å². The van der Waals surface area contributed by atoms with Crippen LogP contribution in [0.4, 0.5) is 11.4 Å². The van der Waals surface area contributed by atoms with Gasteiger partial charge in [-0.1, -0.05) is 0 Å². The van der Waals surface area contributed by atoms with Gasteiger partial charge in [0, 0.05) is 36.2 Å². The van der Waals surface area contributed by atoms with Gasteiger partial charge >= 0.3 is 0 Å². The number of anilines is 2. The number of nitrogens with two attached hydrogens (primary N) is 1. The Labute approximate surface area is 113 Å². The first-order chi connectivity index (χ1) is 7.19. The predicted octanol–water partition coefficient (Wildman–Crippen LogP) is 3.28. The molecule has 0 atom stereocenters. The number of nitrogens with zero attached hydrogens (tertiary/aromatic N) is 1. The van der Waals surface area contributed by atoms with Crippen LogP contribution < -0.4 is 10.6 Å². The van der Waals surface area contributed by atoms with E-state index in [4.69, 9.17) is 28.9 Å². The van der Waals surface area contributed by atoms with Crippen LogP contribution in [-0.4, -0.2) is 24.8 Å². The minimum absolute atomic E-state index is 0. The number of alkyl halides is 2. The Morgan fingerprint density at radius 2 is 1.75 bits per heavy atom. The summed E-state index contributed by atoms with van der Waals surface area (Å²) < 4.78 is 0. The fourth-order valence-corrected chi connectivity index (χ4v) is 1.84. The second-order valence-electron chi connectivity index (χ2n) is 3.41. The first kappa shape index (κ1) is 15.7. The molecule has 0 unspecified atom stereocenters. The Morgan fingerprint density at radius 1 is 1.19 bits per heavy atom. The third kappa shape index (κ3) is 4.28. The van der Waals surface area contributed by atoms with E-state index >= 15 is 0 Å². The lowest BCUT2D eigenvalue weighted by molar-refractivity contribution is 0.873. The molecule has 2 nitrogen and oxygen atoms in total. The SMILES string of the molecule is Cc1cc(N(CCCl)CCCl)ccc1N.Cl. The van der Waals surface area contributed by atoms with Gasteiger partial charge in [-0.2, -0.15) is 0 Å². The Morgan fingerprint density at radius 3 is 2.19 bits per heavy atom. The van der Waals surface area contributed by atoms with Gasteiger partial charge in [0.2, 0.25) is 0 Å². The number of aryl methyl sites for hydroxylation is 1. The molecule has 1 aromatic rings. The lowest BCUT2D eigenvalue weighted by atomic mass is 10.1.